The summed E-state index contributed by atoms with van der Waals surface area (Å²) in [6.07, 6.45) is 7.95. The van der Waals surface area contributed by atoms with Crippen LogP contribution >= 0.6 is 0 Å². The number of tetrazole rings is 1. The number of rotatable bonds is 3. The van der Waals surface area contributed by atoms with Crippen molar-refractivity contribution in [2.24, 2.45) is 11.8 Å². The zero-order valence-corrected chi connectivity index (χ0v) is 10.3. The summed E-state index contributed by atoms with van der Waals surface area (Å²) < 4.78 is 6.64. The van der Waals surface area contributed by atoms with Crippen LogP contribution in [0.2, 0.25) is 0 Å². The number of methoxy groups -OCH3 is 1. The molecule has 0 bridgehead atoms. The molecule has 1 aromatic heterocycles. The Kier molecular flexibility index (Phi) is 2.33. The normalized spacial score (nSPS) is 32.1. The molecule has 1 fully saturated rings. The third-order valence-electron chi connectivity index (χ3n) is 3.80. The number of nitrogens with zero attached hydrogens (tertiary/aromatic N) is 4. The summed E-state index contributed by atoms with van der Waals surface area (Å²) in [6.45, 7) is 2.58. The first-order valence-electron chi connectivity index (χ1n) is 5.96. The summed E-state index contributed by atoms with van der Waals surface area (Å²) in [5.74, 6) is 0.541. The molecule has 18 heavy (non-hydrogen) atoms. The highest BCUT2D eigenvalue weighted by Crippen LogP contribution is 2.62. The van der Waals surface area contributed by atoms with Gasteiger partial charge < -0.3 is 4.74 Å². The number of ether oxygens (including phenoxy) is 1. The van der Waals surface area contributed by atoms with Crippen molar-refractivity contribution in [3.05, 3.63) is 30.1 Å². The maximum Gasteiger partial charge on any atom is 0.320 e. The van der Waals surface area contributed by atoms with Crippen LogP contribution in [-0.4, -0.2) is 33.3 Å². The molecule has 0 radical (unpaired) electrons. The van der Waals surface area contributed by atoms with Gasteiger partial charge in [-0.2, -0.15) is 0 Å². The van der Waals surface area contributed by atoms with Gasteiger partial charge in [0.1, 0.15) is 5.41 Å². The molecule has 1 saturated carbocycles. The third-order valence-corrected chi connectivity index (χ3v) is 3.80. The van der Waals surface area contributed by atoms with Crippen LogP contribution in [0.3, 0.4) is 0 Å². The monoisotopic (exact) mass is 246 g/mol. The van der Waals surface area contributed by atoms with Gasteiger partial charge in [0.15, 0.2) is 5.82 Å². The standard InChI is InChI=1S/C12H14N4O2/c1-3-16-10(13-14-15-16)12(11(17)18-2)8-6-4-5-7-9(8)12/h4-9H,3H2,1-2H3. The van der Waals surface area contributed by atoms with E-state index in [0.717, 1.165) is 0 Å². The van der Waals surface area contributed by atoms with E-state index in [9.17, 15) is 4.79 Å². The summed E-state index contributed by atoms with van der Waals surface area (Å²) in [6, 6.07) is 0. The summed E-state index contributed by atoms with van der Waals surface area (Å²) in [7, 11) is 1.40. The van der Waals surface area contributed by atoms with E-state index in [-0.39, 0.29) is 17.8 Å². The third kappa shape index (κ3) is 1.17. The first-order chi connectivity index (χ1) is 8.76. The van der Waals surface area contributed by atoms with Gasteiger partial charge in [0.05, 0.1) is 7.11 Å². The quantitative estimate of drug-likeness (QED) is 0.725. The van der Waals surface area contributed by atoms with Crippen LogP contribution in [0.5, 0.6) is 0 Å². The van der Waals surface area contributed by atoms with Crippen molar-refractivity contribution in [3.63, 3.8) is 0 Å². The molecule has 0 aliphatic heterocycles. The van der Waals surface area contributed by atoms with Gasteiger partial charge in [-0.3, -0.25) is 4.79 Å². The molecular weight excluding hydrogens is 232 g/mol. The van der Waals surface area contributed by atoms with Crippen LogP contribution in [0.1, 0.15) is 12.7 Å². The van der Waals surface area contributed by atoms with E-state index in [1.54, 1.807) is 4.68 Å². The fraction of sp³-hybridized carbons (Fsp3) is 0.500. The lowest BCUT2D eigenvalue weighted by Gasteiger charge is -2.13. The average molecular weight is 246 g/mol. The van der Waals surface area contributed by atoms with E-state index in [0.29, 0.717) is 12.4 Å². The Bertz CT molecular complexity index is 528. The van der Waals surface area contributed by atoms with Crippen molar-refractivity contribution in [3.8, 4) is 0 Å². The van der Waals surface area contributed by atoms with E-state index in [1.807, 2.05) is 31.2 Å². The van der Waals surface area contributed by atoms with Crippen LogP contribution < -0.4 is 0 Å². The van der Waals surface area contributed by atoms with Crippen molar-refractivity contribution in [1.29, 1.82) is 0 Å². The molecule has 1 aromatic rings. The Balaban J connectivity index is 2.11. The van der Waals surface area contributed by atoms with E-state index < -0.39 is 5.41 Å². The van der Waals surface area contributed by atoms with Gasteiger partial charge in [0, 0.05) is 18.4 Å². The number of esters is 1. The molecule has 0 aromatic carbocycles. The second-order valence-corrected chi connectivity index (χ2v) is 4.50. The number of allylic oxidation sites excluding steroid dienone is 4. The molecule has 2 aliphatic carbocycles. The lowest BCUT2D eigenvalue weighted by molar-refractivity contribution is -0.144. The minimum absolute atomic E-state index is 0.103. The minimum atomic E-state index is -0.738. The number of carbonyl (C=O) groups excluding carboxylic acids is 1. The predicted octanol–water partition coefficient (Wildman–Crippen LogP) is 0.476. The molecule has 2 atom stereocenters. The van der Waals surface area contributed by atoms with E-state index >= 15 is 0 Å². The van der Waals surface area contributed by atoms with Crippen LogP contribution in [0.15, 0.2) is 24.3 Å². The molecule has 6 nitrogen and oxygen atoms in total. The van der Waals surface area contributed by atoms with Gasteiger partial charge >= 0.3 is 5.97 Å². The Hall–Kier alpha value is -1.98. The first kappa shape index (κ1) is 11.1. The van der Waals surface area contributed by atoms with Crippen molar-refractivity contribution in [2.45, 2.75) is 18.9 Å². The number of aryl methyl sites for hydroxylation is 1. The number of hydrogen-bond donors (Lipinski definition) is 0. The fourth-order valence-corrected chi connectivity index (χ4v) is 2.90. The van der Waals surface area contributed by atoms with Crippen molar-refractivity contribution in [1.82, 2.24) is 20.2 Å². The molecule has 2 aliphatic rings. The topological polar surface area (TPSA) is 69.9 Å². The number of fused-ring (bicyclic) bond motifs is 1. The number of aromatic nitrogens is 4. The van der Waals surface area contributed by atoms with Gasteiger partial charge in [-0.1, -0.05) is 24.3 Å². The van der Waals surface area contributed by atoms with Crippen molar-refractivity contribution >= 4 is 5.97 Å². The summed E-state index contributed by atoms with van der Waals surface area (Å²) in [5.41, 5.74) is -0.738. The highest BCUT2D eigenvalue weighted by molar-refractivity contribution is 5.88. The SMILES string of the molecule is CCn1nnnc1C1(C(=O)OC)C2C=CC=CC21. The maximum absolute atomic E-state index is 12.2. The molecule has 0 saturated heterocycles. The Morgan fingerprint density at radius 2 is 2.11 bits per heavy atom. The largest absolute Gasteiger partial charge is 0.468 e. The van der Waals surface area contributed by atoms with Crippen LogP contribution in [-0.2, 0) is 21.5 Å². The molecule has 6 heteroatoms. The molecule has 1 heterocycles. The molecule has 0 spiro atoms. The number of carbonyl (C=O) groups is 1. The zero-order chi connectivity index (χ0) is 12.8. The van der Waals surface area contributed by atoms with Gasteiger partial charge in [0.2, 0.25) is 0 Å². The van der Waals surface area contributed by atoms with Gasteiger partial charge in [-0.15, -0.1) is 5.10 Å². The summed E-state index contributed by atoms with van der Waals surface area (Å²) in [4.78, 5) is 12.2. The molecule has 2 unspecified atom stereocenters. The highest BCUT2D eigenvalue weighted by atomic mass is 16.5. The second kappa shape index (κ2) is 3.76. The fourth-order valence-electron chi connectivity index (χ4n) is 2.90. The van der Waals surface area contributed by atoms with E-state index in [2.05, 4.69) is 15.5 Å². The van der Waals surface area contributed by atoms with Crippen molar-refractivity contribution < 1.29 is 9.53 Å². The first-order valence-corrected chi connectivity index (χ1v) is 5.96. The summed E-state index contributed by atoms with van der Waals surface area (Å²) >= 11 is 0. The van der Waals surface area contributed by atoms with Crippen LogP contribution in [0.25, 0.3) is 0 Å². The van der Waals surface area contributed by atoms with Gasteiger partial charge in [-0.25, -0.2) is 4.68 Å². The predicted molar refractivity (Wildman–Crippen MR) is 62.4 cm³/mol. The average Bonchev–Trinajstić information content (AvgIpc) is 2.85. The summed E-state index contributed by atoms with van der Waals surface area (Å²) in [5, 5.41) is 11.6. The lowest BCUT2D eigenvalue weighted by Crippen LogP contribution is -2.30. The van der Waals surface area contributed by atoms with Crippen LogP contribution in [0.4, 0.5) is 0 Å². The molecular formula is C12H14N4O2. The Morgan fingerprint density at radius 1 is 1.44 bits per heavy atom. The van der Waals surface area contributed by atoms with E-state index in [1.165, 1.54) is 7.11 Å². The zero-order valence-electron chi connectivity index (χ0n) is 10.3. The maximum atomic E-state index is 12.2. The molecule has 0 amide bonds. The van der Waals surface area contributed by atoms with Crippen LogP contribution in [0, 0.1) is 11.8 Å². The van der Waals surface area contributed by atoms with E-state index in [4.69, 9.17) is 4.74 Å². The highest BCUT2D eigenvalue weighted by Gasteiger charge is 2.72. The van der Waals surface area contributed by atoms with Gasteiger partial charge in [-0.05, 0) is 17.4 Å². The number of hydrogen-bond acceptors (Lipinski definition) is 5. The Labute approximate surface area is 104 Å². The minimum Gasteiger partial charge on any atom is -0.468 e. The molecule has 94 valence electrons. The Morgan fingerprint density at radius 3 is 2.67 bits per heavy atom. The lowest BCUT2D eigenvalue weighted by atomic mass is 10.0. The smallest absolute Gasteiger partial charge is 0.320 e. The second-order valence-electron chi connectivity index (χ2n) is 4.50. The molecule has 3 rings (SSSR count). The van der Waals surface area contributed by atoms with Crippen molar-refractivity contribution in [2.75, 3.05) is 7.11 Å². The molecule has 0 N–H and O–H groups in total. The van der Waals surface area contributed by atoms with Gasteiger partial charge in [0.25, 0.3) is 0 Å².